The molecule has 48 heavy (non-hydrogen) atoms. The van der Waals surface area contributed by atoms with E-state index in [1.807, 2.05) is 60.4 Å². The van der Waals surface area contributed by atoms with Crippen LogP contribution in [0.3, 0.4) is 0 Å². The molecule has 1 aliphatic rings. The summed E-state index contributed by atoms with van der Waals surface area (Å²) in [5.74, 6) is -0.0419. The average molecular weight is 675 g/mol. The number of pyridine rings is 1. The number of nitrogens with zero attached hydrogens (tertiary/aromatic N) is 2. The van der Waals surface area contributed by atoms with Crippen molar-refractivity contribution in [1.29, 1.82) is 0 Å². The van der Waals surface area contributed by atoms with Crippen molar-refractivity contribution >= 4 is 40.2 Å². The quantitative estimate of drug-likeness (QED) is 0.130. The third-order valence-electron chi connectivity index (χ3n) is 8.65. The van der Waals surface area contributed by atoms with Gasteiger partial charge < -0.3 is 19.1 Å². The Kier molecular flexibility index (Phi) is 9.52. The Morgan fingerprint density at radius 2 is 1.77 bits per heavy atom. The third-order valence-corrected chi connectivity index (χ3v) is 10.1. The smallest absolute Gasteiger partial charge is 0.335 e. The van der Waals surface area contributed by atoms with E-state index in [1.165, 1.54) is 32.6 Å². The van der Waals surface area contributed by atoms with E-state index in [1.54, 1.807) is 18.2 Å². The van der Waals surface area contributed by atoms with Gasteiger partial charge in [-0.05, 0) is 65.6 Å². The highest BCUT2D eigenvalue weighted by Crippen LogP contribution is 2.47. The number of carboxylic acid groups (broad SMARTS) is 1. The zero-order valence-electron chi connectivity index (χ0n) is 26.6. The first-order valence-corrected chi connectivity index (χ1v) is 17.3. The minimum Gasteiger partial charge on any atom is -0.487 e. The van der Waals surface area contributed by atoms with E-state index in [9.17, 15) is 9.90 Å². The van der Waals surface area contributed by atoms with E-state index in [-0.39, 0.29) is 5.56 Å². The molecule has 242 valence electrons. The van der Waals surface area contributed by atoms with Gasteiger partial charge in [0.15, 0.2) is 0 Å². The van der Waals surface area contributed by atoms with Gasteiger partial charge in [-0.1, -0.05) is 79.2 Å². The van der Waals surface area contributed by atoms with Crippen molar-refractivity contribution in [2.24, 2.45) is 0 Å². The van der Waals surface area contributed by atoms with E-state index in [0.717, 1.165) is 34.6 Å². The van der Waals surface area contributed by atoms with Gasteiger partial charge in [-0.2, -0.15) is 0 Å². The van der Waals surface area contributed by atoms with Crippen molar-refractivity contribution in [2.45, 2.75) is 49.7 Å². The predicted octanol–water partition coefficient (Wildman–Crippen LogP) is 9.48. The molecule has 3 heterocycles. The number of aromatic carboxylic acids is 1. The molecule has 6 nitrogen and oxygen atoms in total. The van der Waals surface area contributed by atoms with E-state index in [4.69, 9.17) is 26.1 Å². The molecule has 0 aliphatic carbocycles. The molecule has 4 aromatic carbocycles. The monoisotopic (exact) mass is 674 g/mol. The maximum Gasteiger partial charge on any atom is 0.335 e. The van der Waals surface area contributed by atoms with Crippen LogP contribution < -0.4 is 4.74 Å². The molecule has 0 saturated carbocycles. The second-order valence-corrected chi connectivity index (χ2v) is 13.9. The van der Waals surface area contributed by atoms with Crippen molar-refractivity contribution < 1.29 is 19.4 Å². The molecule has 0 spiro atoms. The Bertz CT molecular complexity index is 2060. The molecule has 6 aromatic rings. The molecule has 7 rings (SSSR count). The summed E-state index contributed by atoms with van der Waals surface area (Å²) in [6, 6.07) is 33.6. The van der Waals surface area contributed by atoms with Crippen LogP contribution in [0.4, 0.5) is 0 Å². The summed E-state index contributed by atoms with van der Waals surface area (Å²) >= 11 is 8.14. The molecule has 1 atom stereocenters. The van der Waals surface area contributed by atoms with Crippen molar-refractivity contribution in [3.05, 3.63) is 148 Å². The Morgan fingerprint density at radius 1 is 0.938 bits per heavy atom. The van der Waals surface area contributed by atoms with Crippen molar-refractivity contribution in [3.63, 3.8) is 0 Å². The molecule has 1 unspecified atom stereocenters. The lowest BCUT2D eigenvalue weighted by molar-refractivity contribution is 0.0696. The van der Waals surface area contributed by atoms with Gasteiger partial charge in [0.1, 0.15) is 12.4 Å². The Labute approximate surface area is 289 Å². The molecule has 1 N–H and O–H groups in total. The number of carboxylic acids is 1. The average Bonchev–Trinajstić information content (AvgIpc) is 3.40. The number of benzene rings is 4. The van der Waals surface area contributed by atoms with E-state index < -0.39 is 5.97 Å². The molecule has 8 heteroatoms. The summed E-state index contributed by atoms with van der Waals surface area (Å²) in [7, 11) is 0. The molecular weight excluding hydrogens is 640 g/mol. The Hall–Kier alpha value is -4.56. The molecule has 1 aliphatic heterocycles. The zero-order valence-corrected chi connectivity index (χ0v) is 28.1. The van der Waals surface area contributed by atoms with Gasteiger partial charge in [-0.15, -0.1) is 11.8 Å². The van der Waals surface area contributed by atoms with Crippen LogP contribution in [0, 0.1) is 0 Å². The van der Waals surface area contributed by atoms with Gasteiger partial charge in [0.05, 0.1) is 30.0 Å². The first kappa shape index (κ1) is 32.0. The fourth-order valence-electron chi connectivity index (χ4n) is 6.32. The van der Waals surface area contributed by atoms with Crippen LogP contribution in [0.2, 0.25) is 5.02 Å². The van der Waals surface area contributed by atoms with Gasteiger partial charge in [0, 0.05) is 56.5 Å². The molecule has 0 fully saturated rings. The Morgan fingerprint density at radius 3 is 2.54 bits per heavy atom. The molecule has 0 amide bonds. The van der Waals surface area contributed by atoms with Gasteiger partial charge in [-0.3, -0.25) is 4.98 Å². The first-order chi connectivity index (χ1) is 23.4. The number of hydrogen-bond acceptors (Lipinski definition) is 5. The topological polar surface area (TPSA) is 73.6 Å². The molecule has 0 bridgehead atoms. The largest absolute Gasteiger partial charge is 0.487 e. The second-order valence-electron chi connectivity index (χ2n) is 12.1. The first-order valence-electron chi connectivity index (χ1n) is 16.0. The lowest BCUT2D eigenvalue weighted by Gasteiger charge is -2.22. The standard InChI is InChI=1S/C40H35ClN2O4S/c1-26-20-34-37(47-25-33-15-12-31(22-42-33)29-7-3-2-4-8-29)17-16-35-38(34)39(48-26)36(43(35)23-27-10-13-32(41)14-11-27)18-19-46-24-28-6-5-9-30(21-28)40(44)45/h2-17,21-22,26H,18-20,23-25H2,1H3,(H,44,45). The zero-order chi connectivity index (χ0) is 33.0. The number of halogens is 1. The molecule has 0 saturated heterocycles. The van der Waals surface area contributed by atoms with Crippen LogP contribution in [0.15, 0.2) is 114 Å². The number of thioether (sulfide) groups is 1. The normalized spacial score (nSPS) is 13.9. The van der Waals surface area contributed by atoms with Crippen molar-refractivity contribution in [1.82, 2.24) is 9.55 Å². The number of aromatic nitrogens is 2. The molecule has 0 radical (unpaired) electrons. The number of hydrogen-bond donors (Lipinski definition) is 1. The van der Waals surface area contributed by atoms with Crippen LogP contribution in [-0.4, -0.2) is 32.5 Å². The third kappa shape index (κ3) is 6.99. The van der Waals surface area contributed by atoms with Gasteiger partial charge in [0.2, 0.25) is 0 Å². The molecule has 2 aromatic heterocycles. The summed E-state index contributed by atoms with van der Waals surface area (Å²) in [4.78, 5) is 17.4. The second kappa shape index (κ2) is 14.3. The van der Waals surface area contributed by atoms with Gasteiger partial charge >= 0.3 is 5.97 Å². The fourth-order valence-corrected chi connectivity index (χ4v) is 7.79. The van der Waals surface area contributed by atoms with Gasteiger partial charge in [-0.25, -0.2) is 4.79 Å². The van der Waals surface area contributed by atoms with E-state index in [0.29, 0.717) is 43.1 Å². The number of rotatable bonds is 12. The summed E-state index contributed by atoms with van der Waals surface area (Å²) in [5, 5.41) is 11.7. The van der Waals surface area contributed by atoms with Crippen LogP contribution in [0.5, 0.6) is 5.75 Å². The van der Waals surface area contributed by atoms with Crippen molar-refractivity contribution in [2.75, 3.05) is 6.61 Å². The van der Waals surface area contributed by atoms with Crippen molar-refractivity contribution in [3.8, 4) is 16.9 Å². The minimum atomic E-state index is -0.940. The highest BCUT2D eigenvalue weighted by Gasteiger charge is 2.29. The van der Waals surface area contributed by atoms with Crippen LogP contribution >= 0.6 is 23.4 Å². The predicted molar refractivity (Wildman–Crippen MR) is 192 cm³/mol. The van der Waals surface area contributed by atoms with E-state index >= 15 is 0 Å². The van der Waals surface area contributed by atoms with Crippen LogP contribution in [0.1, 0.15) is 45.4 Å². The fraction of sp³-hybridized carbons (Fsp3) is 0.200. The lowest BCUT2D eigenvalue weighted by atomic mass is 10.0. The summed E-state index contributed by atoms with van der Waals surface area (Å²) in [5.41, 5.74) is 9.02. The number of carbonyl (C=O) groups is 1. The highest BCUT2D eigenvalue weighted by atomic mass is 35.5. The Balaban J connectivity index is 1.17. The summed E-state index contributed by atoms with van der Waals surface area (Å²) in [6.45, 7) is 4.21. The summed E-state index contributed by atoms with van der Waals surface area (Å²) < 4.78 is 15.0. The lowest BCUT2D eigenvalue weighted by Crippen LogP contribution is -2.11. The maximum atomic E-state index is 11.4. The van der Waals surface area contributed by atoms with Crippen LogP contribution in [0.25, 0.3) is 22.0 Å². The molecular formula is C40H35ClN2O4S. The van der Waals surface area contributed by atoms with E-state index in [2.05, 4.69) is 54.0 Å². The minimum absolute atomic E-state index is 0.263. The number of ether oxygens (including phenoxy) is 2. The highest BCUT2D eigenvalue weighted by molar-refractivity contribution is 8.00. The maximum absolute atomic E-state index is 11.4. The summed E-state index contributed by atoms with van der Waals surface area (Å²) in [6.07, 6.45) is 3.53. The van der Waals surface area contributed by atoms with Crippen LogP contribution in [-0.2, 0) is 37.3 Å². The SMILES string of the molecule is CC1Cc2c(OCc3ccc(-c4ccccc4)cn3)ccc3c2c(c(CCOCc2cccc(C(=O)O)c2)n3Cc2ccc(Cl)cc2)S1. The van der Waals surface area contributed by atoms with Gasteiger partial charge in [0.25, 0.3) is 0 Å².